The highest BCUT2D eigenvalue weighted by Gasteiger charge is 2.15. The summed E-state index contributed by atoms with van der Waals surface area (Å²) in [6.45, 7) is 4.70. The molecule has 0 aliphatic heterocycles. The molecule has 6 heteroatoms. The second kappa shape index (κ2) is 8.19. The lowest BCUT2D eigenvalue weighted by atomic mass is 9.94. The van der Waals surface area contributed by atoms with Crippen LogP contribution in [0.1, 0.15) is 41.6 Å². The predicted octanol–water partition coefficient (Wildman–Crippen LogP) is 2.24. The Morgan fingerprint density at radius 1 is 1.21 bits per heavy atom. The Morgan fingerprint density at radius 3 is 2.50 bits per heavy atom. The summed E-state index contributed by atoms with van der Waals surface area (Å²) in [5, 5.41) is 6.54. The van der Waals surface area contributed by atoms with Crippen LogP contribution in [0.5, 0.6) is 0 Å². The number of nitrogens with two attached hydrogens (primary N) is 1. The van der Waals surface area contributed by atoms with Crippen LogP contribution in [-0.2, 0) is 6.54 Å². The van der Waals surface area contributed by atoms with E-state index in [-0.39, 0.29) is 11.8 Å². The summed E-state index contributed by atoms with van der Waals surface area (Å²) in [6.07, 6.45) is 0. The molecule has 0 fully saturated rings. The van der Waals surface area contributed by atoms with Crippen molar-refractivity contribution in [1.82, 2.24) is 10.6 Å². The Balaban J connectivity index is 1.90. The average Bonchev–Trinajstić information content (AvgIpc) is 3.07. The van der Waals surface area contributed by atoms with Gasteiger partial charge in [-0.05, 0) is 24.6 Å². The molecule has 2 aromatic rings. The number of rotatable bonds is 6. The Labute approximate surface area is 142 Å². The van der Waals surface area contributed by atoms with E-state index in [9.17, 15) is 4.79 Å². The van der Waals surface area contributed by atoms with Crippen molar-refractivity contribution in [3.63, 3.8) is 0 Å². The third kappa shape index (κ3) is 4.62. The quantitative estimate of drug-likeness (QED) is 0.560. The van der Waals surface area contributed by atoms with E-state index >= 15 is 0 Å². The second-order valence-electron chi connectivity index (χ2n) is 5.69. The van der Waals surface area contributed by atoms with Gasteiger partial charge in [-0.1, -0.05) is 37.3 Å². The predicted molar refractivity (Wildman–Crippen MR) is 94.9 cm³/mol. The first-order valence-corrected chi connectivity index (χ1v) is 7.92. The maximum Gasteiger partial charge on any atom is 0.284 e. The zero-order valence-electron chi connectivity index (χ0n) is 14.2. The van der Waals surface area contributed by atoms with Crippen molar-refractivity contribution in [3.8, 4) is 0 Å². The molecule has 128 valence electrons. The molecule has 2 atom stereocenters. The fraction of sp³-hybridized carbons (Fsp3) is 0.333. The minimum atomic E-state index is -0.575. The molecular formula is C18H24N4O2. The molecule has 0 radical (unpaired) electrons. The molecule has 24 heavy (non-hydrogen) atoms. The first-order chi connectivity index (χ1) is 11.5. The van der Waals surface area contributed by atoms with Gasteiger partial charge in [0.2, 0.25) is 0 Å². The van der Waals surface area contributed by atoms with Gasteiger partial charge in [-0.3, -0.25) is 9.79 Å². The molecule has 0 bridgehead atoms. The lowest BCUT2D eigenvalue weighted by Crippen LogP contribution is -2.43. The van der Waals surface area contributed by atoms with Gasteiger partial charge < -0.3 is 20.8 Å². The highest BCUT2D eigenvalue weighted by molar-refractivity contribution is 5.89. The Hall–Kier alpha value is -2.76. The number of nitrogens with zero attached hydrogens (tertiary/aromatic N) is 1. The Bertz CT molecular complexity index is 694. The van der Waals surface area contributed by atoms with Crippen molar-refractivity contribution >= 4 is 11.9 Å². The number of carbonyl (C=O) groups is 1. The van der Waals surface area contributed by atoms with Crippen LogP contribution in [0.2, 0.25) is 0 Å². The largest absolute Gasteiger partial charge is 0.454 e. The van der Waals surface area contributed by atoms with E-state index in [0.717, 1.165) is 0 Å². The van der Waals surface area contributed by atoms with E-state index in [1.54, 1.807) is 19.2 Å². The van der Waals surface area contributed by atoms with Gasteiger partial charge in [0.25, 0.3) is 5.91 Å². The minimum Gasteiger partial charge on any atom is -0.454 e. The number of nitrogens with one attached hydrogen (secondary N) is 2. The lowest BCUT2D eigenvalue weighted by molar-refractivity contribution is 0.0972. The summed E-state index contributed by atoms with van der Waals surface area (Å²) in [4.78, 5) is 15.3. The topological polar surface area (TPSA) is 92.6 Å². The van der Waals surface area contributed by atoms with Crippen molar-refractivity contribution in [3.05, 3.63) is 59.5 Å². The molecule has 0 aliphatic carbocycles. The summed E-state index contributed by atoms with van der Waals surface area (Å²) in [7, 11) is 1.71. The van der Waals surface area contributed by atoms with E-state index in [0.29, 0.717) is 24.2 Å². The smallest absolute Gasteiger partial charge is 0.284 e. The van der Waals surface area contributed by atoms with Crippen molar-refractivity contribution in [2.75, 3.05) is 7.05 Å². The highest BCUT2D eigenvalue weighted by atomic mass is 16.3. The number of amides is 1. The van der Waals surface area contributed by atoms with E-state index in [2.05, 4.69) is 41.6 Å². The first kappa shape index (κ1) is 17.6. The minimum absolute atomic E-state index is 0.154. The van der Waals surface area contributed by atoms with Crippen LogP contribution in [0.3, 0.4) is 0 Å². The number of hydrogen-bond donors (Lipinski definition) is 3. The van der Waals surface area contributed by atoms with Crippen LogP contribution >= 0.6 is 0 Å². The number of aliphatic imine (C=N–C) groups is 1. The maximum atomic E-state index is 11.0. The number of primary amides is 1. The molecule has 0 spiro atoms. The summed E-state index contributed by atoms with van der Waals surface area (Å²) in [6, 6.07) is 13.8. The molecule has 6 nitrogen and oxygen atoms in total. The number of hydrogen-bond acceptors (Lipinski definition) is 3. The lowest BCUT2D eigenvalue weighted by Gasteiger charge is -2.23. The van der Waals surface area contributed by atoms with Gasteiger partial charge in [0.05, 0.1) is 6.54 Å². The van der Waals surface area contributed by atoms with Crippen LogP contribution in [0.25, 0.3) is 0 Å². The molecule has 0 saturated carbocycles. The molecule has 1 amide bonds. The molecule has 2 rings (SSSR count). The van der Waals surface area contributed by atoms with Crippen LogP contribution < -0.4 is 16.4 Å². The summed E-state index contributed by atoms with van der Waals surface area (Å²) >= 11 is 0. The molecule has 0 saturated heterocycles. The molecule has 1 heterocycles. The van der Waals surface area contributed by atoms with Gasteiger partial charge in [-0.2, -0.15) is 0 Å². The van der Waals surface area contributed by atoms with E-state index < -0.39 is 5.91 Å². The van der Waals surface area contributed by atoms with Gasteiger partial charge in [0.1, 0.15) is 5.76 Å². The molecule has 1 aromatic carbocycles. The van der Waals surface area contributed by atoms with Crippen molar-refractivity contribution < 1.29 is 9.21 Å². The van der Waals surface area contributed by atoms with Crippen LogP contribution in [0.15, 0.2) is 51.9 Å². The first-order valence-electron chi connectivity index (χ1n) is 7.92. The van der Waals surface area contributed by atoms with E-state index in [4.69, 9.17) is 10.2 Å². The van der Waals surface area contributed by atoms with E-state index in [1.807, 2.05) is 18.2 Å². The Morgan fingerprint density at radius 2 is 1.92 bits per heavy atom. The van der Waals surface area contributed by atoms with Gasteiger partial charge in [-0.15, -0.1) is 0 Å². The van der Waals surface area contributed by atoms with Gasteiger partial charge >= 0.3 is 0 Å². The van der Waals surface area contributed by atoms with Gasteiger partial charge in [-0.25, -0.2) is 0 Å². The third-order valence-corrected chi connectivity index (χ3v) is 4.00. The third-order valence-electron chi connectivity index (χ3n) is 4.00. The van der Waals surface area contributed by atoms with Crippen LogP contribution in [0.4, 0.5) is 0 Å². The summed E-state index contributed by atoms with van der Waals surface area (Å²) in [5.41, 5.74) is 6.44. The van der Waals surface area contributed by atoms with Crippen LogP contribution in [0, 0.1) is 0 Å². The van der Waals surface area contributed by atoms with Gasteiger partial charge in [0.15, 0.2) is 11.7 Å². The standard InChI is InChI=1S/C18H24N4O2/c1-12(14-7-5-4-6-8-14)13(2)22-18(20-3)21-11-15-9-10-16(24-15)17(19)23/h4-10,12-13H,11H2,1-3H3,(H2,19,23)(H2,20,21,22). The van der Waals surface area contributed by atoms with Crippen molar-refractivity contribution in [2.24, 2.45) is 10.7 Å². The van der Waals surface area contributed by atoms with Gasteiger partial charge in [0, 0.05) is 19.0 Å². The maximum absolute atomic E-state index is 11.0. The SMILES string of the molecule is CN=C(NCc1ccc(C(N)=O)o1)NC(C)C(C)c1ccccc1. The Kier molecular flexibility index (Phi) is 6.01. The highest BCUT2D eigenvalue weighted by Crippen LogP contribution is 2.18. The fourth-order valence-corrected chi connectivity index (χ4v) is 2.36. The fourth-order valence-electron chi connectivity index (χ4n) is 2.36. The second-order valence-corrected chi connectivity index (χ2v) is 5.69. The number of furan rings is 1. The summed E-state index contributed by atoms with van der Waals surface area (Å²) in [5.74, 6) is 1.20. The molecule has 2 unspecified atom stereocenters. The van der Waals surface area contributed by atoms with E-state index in [1.165, 1.54) is 5.56 Å². The monoisotopic (exact) mass is 328 g/mol. The zero-order chi connectivity index (χ0) is 17.5. The van der Waals surface area contributed by atoms with Crippen molar-refractivity contribution in [1.29, 1.82) is 0 Å². The number of guanidine groups is 1. The van der Waals surface area contributed by atoms with Crippen molar-refractivity contribution in [2.45, 2.75) is 32.4 Å². The molecule has 0 aliphatic rings. The number of benzene rings is 1. The molecule has 1 aromatic heterocycles. The van der Waals surface area contributed by atoms with Crippen LogP contribution in [-0.4, -0.2) is 25.0 Å². The normalized spacial score (nSPS) is 14.0. The number of carbonyl (C=O) groups excluding carboxylic acids is 1. The molecule has 4 N–H and O–H groups in total. The average molecular weight is 328 g/mol. The zero-order valence-corrected chi connectivity index (χ0v) is 14.2. The molecular weight excluding hydrogens is 304 g/mol. The summed E-state index contributed by atoms with van der Waals surface area (Å²) < 4.78 is 5.34.